The topological polar surface area (TPSA) is 128 Å². The van der Waals surface area contributed by atoms with Crippen molar-refractivity contribution in [2.24, 2.45) is 0 Å². The van der Waals surface area contributed by atoms with Gasteiger partial charge in [0.25, 0.3) is 0 Å². The van der Waals surface area contributed by atoms with Crippen LogP contribution >= 0.6 is 27.5 Å². The third-order valence-corrected chi connectivity index (χ3v) is 3.28. The number of aromatic nitrogens is 4. The lowest BCUT2D eigenvalue weighted by atomic mass is 10.2. The molecule has 2 rings (SSSR count). The number of carbonyl (C=O) groups is 1. The number of anilines is 1. The molecular weight excluding hydrogens is 364 g/mol. The Morgan fingerprint density at radius 3 is 2.86 bits per heavy atom. The molecule has 8 nitrogen and oxygen atoms in total. The van der Waals surface area contributed by atoms with Gasteiger partial charge in [0.2, 0.25) is 5.82 Å². The van der Waals surface area contributed by atoms with E-state index in [1.165, 1.54) is 18.3 Å². The van der Waals surface area contributed by atoms with Gasteiger partial charge in [-0.3, -0.25) is 0 Å². The van der Waals surface area contributed by atoms with E-state index >= 15 is 0 Å². The number of nitrogens with zero attached hydrogens (tertiary/aromatic N) is 4. The molecule has 2 aromatic rings. The Morgan fingerprint density at radius 1 is 1.57 bits per heavy atom. The van der Waals surface area contributed by atoms with E-state index in [0.717, 1.165) is 0 Å². The second-order valence-corrected chi connectivity index (χ2v) is 4.93. The van der Waals surface area contributed by atoms with Crippen LogP contribution in [-0.2, 0) is 0 Å². The van der Waals surface area contributed by atoms with Crippen LogP contribution in [0.5, 0.6) is 0 Å². The lowest BCUT2D eigenvalue weighted by molar-refractivity contribution is 0.0697. The highest BCUT2D eigenvalue weighted by atomic mass is 79.9. The predicted octanol–water partition coefficient (Wildman–Crippen LogP) is 2.29. The van der Waals surface area contributed by atoms with Crippen LogP contribution in [0, 0.1) is 11.3 Å². The summed E-state index contributed by atoms with van der Waals surface area (Å²) in [4.78, 5) is 10.9. The van der Waals surface area contributed by atoms with Gasteiger partial charge in [-0.2, -0.15) is 10.5 Å². The summed E-state index contributed by atoms with van der Waals surface area (Å²) in [6.45, 7) is 0. The van der Waals surface area contributed by atoms with Crippen LogP contribution in [0.2, 0.25) is 5.02 Å². The van der Waals surface area contributed by atoms with E-state index in [-0.39, 0.29) is 22.0 Å². The zero-order valence-corrected chi connectivity index (χ0v) is 12.5. The maximum atomic E-state index is 10.9. The number of benzene rings is 1. The number of tetrazole rings is 1. The van der Waals surface area contributed by atoms with Crippen molar-refractivity contribution in [3.05, 3.63) is 39.2 Å². The molecule has 0 saturated heterocycles. The van der Waals surface area contributed by atoms with E-state index in [4.69, 9.17) is 22.0 Å². The molecule has 0 fully saturated rings. The lowest BCUT2D eigenvalue weighted by Crippen LogP contribution is -1.99. The average Bonchev–Trinajstić information content (AvgIpc) is 2.95. The van der Waals surface area contributed by atoms with Gasteiger partial charge in [0, 0.05) is 10.7 Å². The van der Waals surface area contributed by atoms with Crippen LogP contribution in [0.4, 0.5) is 5.69 Å². The number of H-pyrrole nitrogens is 1. The van der Waals surface area contributed by atoms with E-state index in [1.807, 2.05) is 6.07 Å². The summed E-state index contributed by atoms with van der Waals surface area (Å²) in [6.07, 6.45) is 1.34. The molecule has 1 aromatic carbocycles. The number of aromatic amines is 1. The first-order valence-corrected chi connectivity index (χ1v) is 6.53. The van der Waals surface area contributed by atoms with Crippen LogP contribution < -0.4 is 5.32 Å². The number of nitriles is 1. The molecule has 1 aromatic heterocycles. The molecule has 0 atom stereocenters. The number of rotatable bonds is 4. The van der Waals surface area contributed by atoms with Gasteiger partial charge in [-0.05, 0) is 33.3 Å². The quantitative estimate of drug-likeness (QED) is 0.705. The lowest BCUT2D eigenvalue weighted by Gasteiger charge is -2.08. The molecule has 0 aliphatic rings. The number of carboxylic acids is 1. The molecule has 0 radical (unpaired) electrons. The van der Waals surface area contributed by atoms with E-state index in [1.54, 1.807) is 0 Å². The van der Waals surface area contributed by atoms with E-state index in [2.05, 4.69) is 41.9 Å². The van der Waals surface area contributed by atoms with Crippen molar-refractivity contribution in [2.75, 3.05) is 5.32 Å². The summed E-state index contributed by atoms with van der Waals surface area (Å²) in [7, 11) is 0. The van der Waals surface area contributed by atoms with Crippen LogP contribution in [0.25, 0.3) is 5.57 Å². The highest BCUT2D eigenvalue weighted by Gasteiger charge is 2.12. The Labute approximate surface area is 131 Å². The Balaban J connectivity index is 2.32. The molecule has 0 saturated carbocycles. The van der Waals surface area contributed by atoms with Crippen molar-refractivity contribution in [3.8, 4) is 6.07 Å². The Hall–Kier alpha value is -2.44. The van der Waals surface area contributed by atoms with Crippen LogP contribution in [0.1, 0.15) is 16.2 Å². The molecule has 3 N–H and O–H groups in total. The van der Waals surface area contributed by atoms with E-state index in [0.29, 0.717) is 10.2 Å². The number of allylic oxidation sites excluding steroid dienone is 1. The Kier molecular flexibility index (Phi) is 4.52. The fraction of sp³-hybridized carbons (Fsp3) is 0. The van der Waals surface area contributed by atoms with Gasteiger partial charge in [-0.25, -0.2) is 4.79 Å². The summed E-state index contributed by atoms with van der Waals surface area (Å²) in [5.41, 5.74) is 0.590. The Bertz CT molecular complexity index is 730. The van der Waals surface area contributed by atoms with Crippen LogP contribution in [0.15, 0.2) is 22.8 Å². The predicted molar refractivity (Wildman–Crippen MR) is 77.5 cm³/mol. The standard InChI is InChI=1S/C11H6BrClN6O2/c12-7-1-5(11(20)21)2-8(13)9(7)15-4-6(3-14)10-16-18-19-17-10/h1-2,4,15H,(H,20,21)(H,16,17,18,19). The van der Waals surface area contributed by atoms with Gasteiger partial charge >= 0.3 is 5.97 Å². The summed E-state index contributed by atoms with van der Waals surface area (Å²) >= 11 is 9.23. The SMILES string of the molecule is N#CC(=CNc1c(Cl)cc(C(=O)O)cc1Br)c1nn[nH]n1. The van der Waals surface area contributed by atoms with E-state index < -0.39 is 5.97 Å². The highest BCUT2D eigenvalue weighted by Crippen LogP contribution is 2.32. The maximum Gasteiger partial charge on any atom is 0.335 e. The average molecular weight is 370 g/mol. The molecule has 0 spiro atoms. The number of hydrogen-bond acceptors (Lipinski definition) is 6. The molecule has 10 heteroatoms. The summed E-state index contributed by atoms with van der Waals surface area (Å²) in [6, 6.07) is 4.59. The van der Waals surface area contributed by atoms with Crippen molar-refractivity contribution in [3.63, 3.8) is 0 Å². The number of aromatic carboxylic acids is 1. The van der Waals surface area contributed by atoms with Gasteiger partial charge in [-0.1, -0.05) is 11.6 Å². The fourth-order valence-corrected chi connectivity index (χ4v) is 2.36. The monoisotopic (exact) mass is 368 g/mol. The number of hydrogen-bond donors (Lipinski definition) is 3. The highest BCUT2D eigenvalue weighted by molar-refractivity contribution is 9.10. The molecule has 1 heterocycles. The van der Waals surface area contributed by atoms with Crippen LogP contribution in [-0.4, -0.2) is 31.7 Å². The first-order valence-electron chi connectivity index (χ1n) is 5.36. The summed E-state index contributed by atoms with van der Waals surface area (Å²) in [5, 5.41) is 33.9. The summed E-state index contributed by atoms with van der Waals surface area (Å²) in [5.74, 6) is -0.969. The van der Waals surface area contributed by atoms with Gasteiger partial charge in [0.05, 0.1) is 16.3 Å². The molecule has 0 amide bonds. The summed E-state index contributed by atoms with van der Waals surface area (Å²) < 4.78 is 0.439. The minimum Gasteiger partial charge on any atom is -0.478 e. The number of halogens is 2. The molecular formula is C11H6BrClN6O2. The third kappa shape index (κ3) is 3.36. The molecule has 0 aliphatic carbocycles. The van der Waals surface area contributed by atoms with Crippen molar-refractivity contribution in [1.82, 2.24) is 20.6 Å². The first kappa shape index (κ1) is 15.0. The second kappa shape index (κ2) is 6.34. The van der Waals surface area contributed by atoms with E-state index in [9.17, 15) is 4.79 Å². The van der Waals surface area contributed by atoms with Crippen molar-refractivity contribution < 1.29 is 9.90 Å². The molecule has 0 aliphatic heterocycles. The largest absolute Gasteiger partial charge is 0.478 e. The maximum absolute atomic E-state index is 10.9. The van der Waals surface area contributed by atoms with Gasteiger partial charge in [-0.15, -0.1) is 10.2 Å². The Morgan fingerprint density at radius 2 is 2.33 bits per heavy atom. The second-order valence-electron chi connectivity index (χ2n) is 3.67. The van der Waals surface area contributed by atoms with Crippen molar-refractivity contribution in [1.29, 1.82) is 5.26 Å². The first-order chi connectivity index (χ1) is 10.0. The fourth-order valence-electron chi connectivity index (χ4n) is 1.40. The molecule has 0 bridgehead atoms. The van der Waals surface area contributed by atoms with Crippen molar-refractivity contribution >= 4 is 44.8 Å². The van der Waals surface area contributed by atoms with Crippen molar-refractivity contribution in [2.45, 2.75) is 0 Å². The smallest absolute Gasteiger partial charge is 0.335 e. The molecule has 0 unspecified atom stereocenters. The van der Waals surface area contributed by atoms with Gasteiger partial charge in [0.15, 0.2) is 0 Å². The van der Waals surface area contributed by atoms with Gasteiger partial charge in [0.1, 0.15) is 11.6 Å². The normalized spacial score (nSPS) is 11.0. The minimum atomic E-state index is -1.09. The third-order valence-electron chi connectivity index (χ3n) is 2.36. The zero-order valence-electron chi connectivity index (χ0n) is 10.1. The van der Waals surface area contributed by atoms with Crippen LogP contribution in [0.3, 0.4) is 0 Å². The molecule has 21 heavy (non-hydrogen) atoms. The molecule has 106 valence electrons. The van der Waals surface area contributed by atoms with Gasteiger partial charge < -0.3 is 10.4 Å². The zero-order chi connectivity index (χ0) is 15.4. The minimum absolute atomic E-state index is 0.0417. The number of carboxylic acid groups (broad SMARTS) is 1. The number of nitrogens with one attached hydrogen (secondary N) is 2.